The molecule has 0 aliphatic carbocycles. The second-order valence-electron chi connectivity index (χ2n) is 6.79. The van der Waals surface area contributed by atoms with Gasteiger partial charge in [-0.05, 0) is 43.7 Å². The summed E-state index contributed by atoms with van der Waals surface area (Å²) in [5.74, 6) is -0.552. The number of fused-ring (bicyclic) bond motifs is 1. The maximum Gasteiger partial charge on any atom is 0.252 e. The zero-order chi connectivity index (χ0) is 20.5. The van der Waals surface area contributed by atoms with Gasteiger partial charge in [0.25, 0.3) is 5.91 Å². The van der Waals surface area contributed by atoms with E-state index < -0.39 is 5.91 Å². The Kier molecular flexibility index (Phi) is 4.67. The molecule has 4 rings (SSSR count). The minimum atomic E-state index is -0.590. The molecule has 0 unspecified atom stereocenters. The fourth-order valence-corrected chi connectivity index (χ4v) is 3.13. The molecule has 0 radical (unpaired) electrons. The van der Waals surface area contributed by atoms with Gasteiger partial charge in [-0.1, -0.05) is 12.1 Å². The van der Waals surface area contributed by atoms with Gasteiger partial charge in [0.05, 0.1) is 23.1 Å². The van der Waals surface area contributed by atoms with Gasteiger partial charge in [-0.25, -0.2) is 19.3 Å². The fourth-order valence-electron chi connectivity index (χ4n) is 3.13. The summed E-state index contributed by atoms with van der Waals surface area (Å²) >= 11 is 0. The van der Waals surface area contributed by atoms with Crippen molar-refractivity contribution in [2.75, 3.05) is 5.32 Å². The summed E-state index contributed by atoms with van der Waals surface area (Å²) in [4.78, 5) is 28.5. The maximum absolute atomic E-state index is 13.2. The summed E-state index contributed by atoms with van der Waals surface area (Å²) in [6.07, 6.45) is 3.47. The number of carbonyl (C=O) groups is 1. The average Bonchev–Trinajstić information content (AvgIpc) is 3.11. The molecule has 0 fully saturated rings. The topological polar surface area (TPSA) is 110 Å². The summed E-state index contributed by atoms with van der Waals surface area (Å²) < 4.78 is 13.2. The first-order chi connectivity index (χ1) is 13.9. The number of aromatic nitrogens is 4. The van der Waals surface area contributed by atoms with E-state index in [-0.39, 0.29) is 17.4 Å². The van der Waals surface area contributed by atoms with Crippen molar-refractivity contribution < 1.29 is 9.18 Å². The Morgan fingerprint density at radius 1 is 1.17 bits per heavy atom. The minimum absolute atomic E-state index is 0.221. The predicted octanol–water partition coefficient (Wildman–Crippen LogP) is 3.74. The number of hydrogen-bond acceptors (Lipinski definition) is 5. The molecule has 0 bridgehead atoms. The van der Waals surface area contributed by atoms with Crippen LogP contribution >= 0.6 is 0 Å². The molecule has 3 aromatic heterocycles. The number of H-pyrrole nitrogens is 1. The highest BCUT2D eigenvalue weighted by atomic mass is 19.1. The molecule has 0 aliphatic rings. The van der Waals surface area contributed by atoms with E-state index in [0.717, 1.165) is 16.8 Å². The Bertz CT molecular complexity index is 1200. The van der Waals surface area contributed by atoms with Gasteiger partial charge in [0.15, 0.2) is 5.65 Å². The van der Waals surface area contributed by atoms with Crippen molar-refractivity contribution in [2.24, 2.45) is 5.73 Å². The second kappa shape index (κ2) is 7.31. The largest absolute Gasteiger partial charge is 0.365 e. The van der Waals surface area contributed by atoms with Crippen LogP contribution in [0.25, 0.3) is 22.4 Å². The summed E-state index contributed by atoms with van der Waals surface area (Å²) in [6.45, 7) is 3.76. The number of pyridine rings is 1. The third kappa shape index (κ3) is 3.64. The number of nitrogens with one attached hydrogen (secondary N) is 2. The Morgan fingerprint density at radius 3 is 2.66 bits per heavy atom. The molecule has 4 aromatic rings. The van der Waals surface area contributed by atoms with Gasteiger partial charge in [0.1, 0.15) is 17.2 Å². The predicted molar refractivity (Wildman–Crippen MR) is 109 cm³/mol. The Hall–Kier alpha value is -3.81. The Balaban J connectivity index is 1.75. The summed E-state index contributed by atoms with van der Waals surface area (Å²) in [7, 11) is 0. The van der Waals surface area contributed by atoms with Crippen LogP contribution < -0.4 is 11.1 Å². The van der Waals surface area contributed by atoms with Crippen LogP contribution in [0.4, 0.5) is 10.2 Å². The van der Waals surface area contributed by atoms with Crippen molar-refractivity contribution in [1.82, 2.24) is 19.9 Å². The minimum Gasteiger partial charge on any atom is -0.365 e. The molecular formula is C21H19FN6O. The first kappa shape index (κ1) is 18.5. The van der Waals surface area contributed by atoms with Crippen molar-refractivity contribution in [3.63, 3.8) is 0 Å². The SMILES string of the molecule is Cc1cnc2[nH]cc(-c3ccc(C(N)=O)c(N[C@@H](C)c4ccc(F)cc4)n3)c2n1. The molecular weight excluding hydrogens is 371 g/mol. The molecule has 0 spiro atoms. The van der Waals surface area contributed by atoms with E-state index in [2.05, 4.69) is 25.3 Å². The van der Waals surface area contributed by atoms with E-state index in [4.69, 9.17) is 5.73 Å². The molecule has 8 heteroatoms. The van der Waals surface area contributed by atoms with Gasteiger partial charge in [-0.15, -0.1) is 0 Å². The number of halogens is 1. The highest BCUT2D eigenvalue weighted by Gasteiger charge is 2.17. The molecule has 3 heterocycles. The monoisotopic (exact) mass is 390 g/mol. The van der Waals surface area contributed by atoms with Crippen molar-refractivity contribution in [1.29, 1.82) is 0 Å². The fraction of sp³-hybridized carbons (Fsp3) is 0.143. The Morgan fingerprint density at radius 2 is 1.93 bits per heavy atom. The molecule has 0 aliphatic heterocycles. The molecule has 4 N–H and O–H groups in total. The number of amides is 1. The van der Waals surface area contributed by atoms with E-state index in [1.54, 1.807) is 36.7 Å². The number of carbonyl (C=O) groups excluding carboxylic acids is 1. The van der Waals surface area contributed by atoms with Crippen LogP contribution in [0.2, 0.25) is 0 Å². The Labute approximate surface area is 166 Å². The molecule has 0 saturated carbocycles. The van der Waals surface area contributed by atoms with E-state index in [0.29, 0.717) is 22.7 Å². The summed E-state index contributed by atoms with van der Waals surface area (Å²) in [6, 6.07) is 9.27. The highest BCUT2D eigenvalue weighted by Crippen LogP contribution is 2.29. The lowest BCUT2D eigenvalue weighted by atomic mass is 10.1. The lowest BCUT2D eigenvalue weighted by Crippen LogP contribution is -2.17. The highest BCUT2D eigenvalue weighted by molar-refractivity contribution is 5.98. The first-order valence-corrected chi connectivity index (χ1v) is 9.06. The van der Waals surface area contributed by atoms with Gasteiger partial charge in [0, 0.05) is 17.8 Å². The zero-order valence-electron chi connectivity index (χ0n) is 15.9. The first-order valence-electron chi connectivity index (χ1n) is 9.06. The molecule has 1 amide bonds. The van der Waals surface area contributed by atoms with Crippen molar-refractivity contribution >= 4 is 22.9 Å². The lowest BCUT2D eigenvalue weighted by Gasteiger charge is -2.17. The standard InChI is InChI=1S/C21H19FN6O/c1-11-9-24-21-18(26-11)16(10-25-21)17-8-7-15(19(23)29)20(28-17)27-12(2)13-3-5-14(22)6-4-13/h3-10,12H,1-2H3,(H2,23,29)(H,24,25)(H,27,28)/t12-/m0/s1. The zero-order valence-corrected chi connectivity index (χ0v) is 15.9. The van der Waals surface area contributed by atoms with E-state index >= 15 is 0 Å². The third-order valence-electron chi connectivity index (χ3n) is 4.66. The number of nitrogens with two attached hydrogens (primary N) is 1. The molecule has 7 nitrogen and oxygen atoms in total. The molecule has 29 heavy (non-hydrogen) atoms. The smallest absolute Gasteiger partial charge is 0.252 e. The van der Waals surface area contributed by atoms with Crippen molar-refractivity contribution in [3.05, 3.63) is 71.4 Å². The number of benzene rings is 1. The van der Waals surface area contributed by atoms with Gasteiger partial charge in [0.2, 0.25) is 0 Å². The van der Waals surface area contributed by atoms with Crippen molar-refractivity contribution in [3.8, 4) is 11.3 Å². The molecule has 1 aromatic carbocycles. The second-order valence-corrected chi connectivity index (χ2v) is 6.79. The number of aryl methyl sites for hydroxylation is 1. The van der Waals surface area contributed by atoms with E-state index in [1.807, 2.05) is 13.8 Å². The van der Waals surface area contributed by atoms with Crippen LogP contribution in [0.1, 0.15) is 34.6 Å². The number of anilines is 1. The molecule has 146 valence electrons. The molecule has 0 saturated heterocycles. The summed E-state index contributed by atoms with van der Waals surface area (Å²) in [5, 5.41) is 3.21. The number of primary amides is 1. The van der Waals surface area contributed by atoms with Gasteiger partial charge in [-0.3, -0.25) is 4.79 Å². The number of aromatic amines is 1. The molecule has 1 atom stereocenters. The number of rotatable bonds is 5. The van der Waals surface area contributed by atoms with Crippen LogP contribution in [0.15, 0.2) is 48.8 Å². The summed E-state index contributed by atoms with van der Waals surface area (Å²) in [5.41, 5.74) is 10.2. The number of hydrogen-bond donors (Lipinski definition) is 3. The maximum atomic E-state index is 13.2. The average molecular weight is 390 g/mol. The third-order valence-corrected chi connectivity index (χ3v) is 4.66. The van der Waals surface area contributed by atoms with Crippen LogP contribution in [-0.4, -0.2) is 25.8 Å². The van der Waals surface area contributed by atoms with Crippen LogP contribution in [-0.2, 0) is 0 Å². The van der Waals surface area contributed by atoms with E-state index in [9.17, 15) is 9.18 Å². The van der Waals surface area contributed by atoms with Crippen LogP contribution in [0, 0.1) is 12.7 Å². The van der Waals surface area contributed by atoms with Gasteiger partial charge in [-0.2, -0.15) is 0 Å². The van der Waals surface area contributed by atoms with E-state index in [1.165, 1.54) is 12.1 Å². The van der Waals surface area contributed by atoms with Crippen molar-refractivity contribution in [2.45, 2.75) is 19.9 Å². The lowest BCUT2D eigenvalue weighted by molar-refractivity contribution is 0.100. The number of nitrogens with zero attached hydrogens (tertiary/aromatic N) is 3. The van der Waals surface area contributed by atoms with Gasteiger partial charge >= 0.3 is 0 Å². The normalized spacial score (nSPS) is 12.1. The quantitative estimate of drug-likeness (QED) is 0.481. The van der Waals surface area contributed by atoms with Gasteiger partial charge < -0.3 is 16.0 Å². The van der Waals surface area contributed by atoms with Crippen LogP contribution in [0.5, 0.6) is 0 Å². The van der Waals surface area contributed by atoms with Crippen LogP contribution in [0.3, 0.4) is 0 Å².